The van der Waals surface area contributed by atoms with Crippen molar-refractivity contribution in [1.82, 2.24) is 9.88 Å². The van der Waals surface area contributed by atoms with Crippen molar-refractivity contribution in [3.8, 4) is 0 Å². The lowest BCUT2D eigenvalue weighted by atomic mass is 9.97. The lowest BCUT2D eigenvalue weighted by Crippen LogP contribution is -2.26. The van der Waals surface area contributed by atoms with Crippen molar-refractivity contribution >= 4 is 0 Å². The highest BCUT2D eigenvalue weighted by atomic mass is 16.4. The van der Waals surface area contributed by atoms with Gasteiger partial charge in [-0.2, -0.15) is 0 Å². The van der Waals surface area contributed by atoms with Crippen LogP contribution in [0.2, 0.25) is 0 Å². The van der Waals surface area contributed by atoms with E-state index in [1.807, 2.05) is 0 Å². The van der Waals surface area contributed by atoms with Crippen molar-refractivity contribution in [2.45, 2.75) is 39.2 Å². The van der Waals surface area contributed by atoms with E-state index in [0.29, 0.717) is 0 Å². The van der Waals surface area contributed by atoms with Crippen LogP contribution in [0.25, 0.3) is 0 Å². The molecular weight excluding hydrogens is 176 g/mol. The molecule has 1 aromatic rings. The molecule has 3 nitrogen and oxygen atoms in total. The maximum Gasteiger partial charge on any atom is 0.200 e. The van der Waals surface area contributed by atoms with Gasteiger partial charge in [-0.25, -0.2) is 4.98 Å². The summed E-state index contributed by atoms with van der Waals surface area (Å²) in [6.07, 6.45) is 0.995. The summed E-state index contributed by atoms with van der Waals surface area (Å²) in [5.74, 6) is 1.96. The van der Waals surface area contributed by atoms with Crippen molar-refractivity contribution in [2.75, 3.05) is 13.6 Å². The summed E-state index contributed by atoms with van der Waals surface area (Å²) in [5, 5.41) is 0. The predicted molar refractivity (Wildman–Crippen MR) is 55.2 cm³/mol. The van der Waals surface area contributed by atoms with Crippen molar-refractivity contribution in [1.29, 1.82) is 0 Å². The Labute approximate surface area is 85.1 Å². The van der Waals surface area contributed by atoms with Gasteiger partial charge in [0.15, 0.2) is 5.89 Å². The lowest BCUT2D eigenvalue weighted by Gasteiger charge is -2.19. The smallest absolute Gasteiger partial charge is 0.200 e. The first-order valence-electron chi connectivity index (χ1n) is 5.14. The van der Waals surface area contributed by atoms with E-state index in [-0.39, 0.29) is 5.41 Å². The molecule has 0 saturated heterocycles. The average Bonchev–Trinajstić information content (AvgIpc) is 2.45. The molecule has 0 N–H and O–H groups in total. The van der Waals surface area contributed by atoms with E-state index in [0.717, 1.165) is 36.9 Å². The third-order valence-electron chi connectivity index (χ3n) is 2.56. The molecule has 1 aliphatic heterocycles. The van der Waals surface area contributed by atoms with Crippen LogP contribution in [0.1, 0.15) is 38.1 Å². The largest absolute Gasteiger partial charge is 0.445 e. The van der Waals surface area contributed by atoms with E-state index in [4.69, 9.17) is 4.42 Å². The number of likely N-dealkylation sites (N-methyl/N-ethyl adjacent to an activating group) is 1. The molecule has 0 bridgehead atoms. The summed E-state index contributed by atoms with van der Waals surface area (Å²) in [4.78, 5) is 6.84. The van der Waals surface area contributed by atoms with Crippen LogP contribution in [0.4, 0.5) is 0 Å². The molecule has 2 heterocycles. The quantitative estimate of drug-likeness (QED) is 0.632. The zero-order valence-electron chi connectivity index (χ0n) is 9.42. The third-order valence-corrected chi connectivity index (χ3v) is 2.56. The number of aromatic nitrogens is 1. The van der Waals surface area contributed by atoms with E-state index in [9.17, 15) is 0 Å². The number of oxazole rings is 1. The van der Waals surface area contributed by atoms with Gasteiger partial charge in [0.25, 0.3) is 0 Å². The minimum absolute atomic E-state index is 0.0237. The highest BCUT2D eigenvalue weighted by molar-refractivity contribution is 5.16. The molecule has 0 unspecified atom stereocenters. The first-order valence-corrected chi connectivity index (χ1v) is 5.14. The molecule has 0 atom stereocenters. The Morgan fingerprint density at radius 3 is 2.71 bits per heavy atom. The molecular formula is C11H18N2O. The number of hydrogen-bond acceptors (Lipinski definition) is 3. The molecule has 2 rings (SSSR count). The zero-order chi connectivity index (χ0) is 10.3. The van der Waals surface area contributed by atoms with Crippen molar-refractivity contribution in [3.05, 3.63) is 17.3 Å². The van der Waals surface area contributed by atoms with Gasteiger partial charge in [-0.1, -0.05) is 20.8 Å². The maximum absolute atomic E-state index is 5.78. The van der Waals surface area contributed by atoms with Gasteiger partial charge in [0.2, 0.25) is 0 Å². The third kappa shape index (κ3) is 1.69. The SMILES string of the molecule is CN1CCc2oc(C(C)(C)C)nc2C1. The Morgan fingerprint density at radius 2 is 2.07 bits per heavy atom. The Kier molecular flexibility index (Phi) is 2.14. The number of rotatable bonds is 0. The van der Waals surface area contributed by atoms with Gasteiger partial charge in [-0.3, -0.25) is 4.90 Å². The van der Waals surface area contributed by atoms with Crippen LogP contribution < -0.4 is 0 Å². The van der Waals surface area contributed by atoms with E-state index >= 15 is 0 Å². The fourth-order valence-electron chi connectivity index (χ4n) is 1.65. The Morgan fingerprint density at radius 1 is 1.36 bits per heavy atom. The fourth-order valence-corrected chi connectivity index (χ4v) is 1.65. The monoisotopic (exact) mass is 194 g/mol. The minimum atomic E-state index is 0.0237. The Balaban J connectivity index is 2.32. The molecule has 0 spiro atoms. The molecule has 14 heavy (non-hydrogen) atoms. The van der Waals surface area contributed by atoms with Crippen LogP contribution >= 0.6 is 0 Å². The highest BCUT2D eigenvalue weighted by Crippen LogP contribution is 2.26. The lowest BCUT2D eigenvalue weighted by molar-refractivity contribution is 0.286. The molecule has 0 saturated carbocycles. The van der Waals surface area contributed by atoms with Gasteiger partial charge in [-0.05, 0) is 7.05 Å². The number of fused-ring (bicyclic) bond motifs is 1. The normalized spacial score (nSPS) is 18.3. The second-order valence-electron chi connectivity index (χ2n) is 5.13. The maximum atomic E-state index is 5.78. The molecule has 0 radical (unpaired) electrons. The van der Waals surface area contributed by atoms with E-state index in [2.05, 4.69) is 37.7 Å². The van der Waals surface area contributed by atoms with Gasteiger partial charge in [0.1, 0.15) is 5.76 Å². The first-order chi connectivity index (χ1) is 6.47. The Bertz CT molecular complexity index is 336. The van der Waals surface area contributed by atoms with Crippen LogP contribution in [0.5, 0.6) is 0 Å². The summed E-state index contributed by atoms with van der Waals surface area (Å²) in [6, 6.07) is 0. The summed E-state index contributed by atoms with van der Waals surface area (Å²) >= 11 is 0. The molecule has 0 amide bonds. The number of hydrogen-bond donors (Lipinski definition) is 0. The second-order valence-corrected chi connectivity index (χ2v) is 5.13. The van der Waals surface area contributed by atoms with Crippen molar-refractivity contribution in [3.63, 3.8) is 0 Å². The summed E-state index contributed by atoms with van der Waals surface area (Å²) < 4.78 is 5.78. The first kappa shape index (κ1) is 9.71. The fraction of sp³-hybridized carbons (Fsp3) is 0.727. The standard InChI is InChI=1S/C11H18N2O/c1-11(2,3)10-12-8-7-13(4)6-5-9(8)14-10/h5-7H2,1-4H3. The molecule has 0 aliphatic carbocycles. The summed E-state index contributed by atoms with van der Waals surface area (Å²) in [6.45, 7) is 8.40. The van der Waals surface area contributed by atoms with Crippen LogP contribution in [0.15, 0.2) is 4.42 Å². The molecule has 1 aliphatic rings. The van der Waals surface area contributed by atoms with Crippen molar-refractivity contribution in [2.24, 2.45) is 0 Å². The van der Waals surface area contributed by atoms with Crippen LogP contribution in [0, 0.1) is 0 Å². The molecule has 3 heteroatoms. The molecule has 0 aromatic carbocycles. The minimum Gasteiger partial charge on any atom is -0.445 e. The summed E-state index contributed by atoms with van der Waals surface area (Å²) in [5.41, 5.74) is 1.15. The van der Waals surface area contributed by atoms with Crippen LogP contribution in [0.3, 0.4) is 0 Å². The van der Waals surface area contributed by atoms with Gasteiger partial charge < -0.3 is 4.42 Å². The van der Waals surface area contributed by atoms with Gasteiger partial charge in [-0.15, -0.1) is 0 Å². The topological polar surface area (TPSA) is 29.3 Å². The Hall–Kier alpha value is -0.830. The van der Waals surface area contributed by atoms with E-state index in [1.165, 1.54) is 0 Å². The van der Waals surface area contributed by atoms with E-state index < -0.39 is 0 Å². The van der Waals surface area contributed by atoms with Gasteiger partial charge >= 0.3 is 0 Å². The average molecular weight is 194 g/mol. The number of nitrogens with zero attached hydrogens (tertiary/aromatic N) is 2. The van der Waals surface area contributed by atoms with Crippen molar-refractivity contribution < 1.29 is 4.42 Å². The molecule has 1 aromatic heterocycles. The van der Waals surface area contributed by atoms with Crippen LogP contribution in [-0.4, -0.2) is 23.5 Å². The van der Waals surface area contributed by atoms with Gasteiger partial charge in [0, 0.05) is 24.9 Å². The van der Waals surface area contributed by atoms with Crippen LogP contribution in [-0.2, 0) is 18.4 Å². The molecule has 0 fully saturated rings. The highest BCUT2D eigenvalue weighted by Gasteiger charge is 2.25. The zero-order valence-corrected chi connectivity index (χ0v) is 9.42. The van der Waals surface area contributed by atoms with E-state index in [1.54, 1.807) is 0 Å². The van der Waals surface area contributed by atoms with Gasteiger partial charge in [0.05, 0.1) is 5.69 Å². The predicted octanol–water partition coefficient (Wildman–Crippen LogP) is 1.96. The summed E-state index contributed by atoms with van der Waals surface area (Å²) in [7, 11) is 2.12. The second kappa shape index (κ2) is 3.09. The molecule has 78 valence electrons.